The highest BCUT2D eigenvalue weighted by Crippen LogP contribution is 2.29. The number of morpholine rings is 1. The van der Waals surface area contributed by atoms with E-state index in [2.05, 4.69) is 56.7 Å². The number of aromatic nitrogens is 4. The van der Waals surface area contributed by atoms with E-state index in [-0.39, 0.29) is 0 Å². The summed E-state index contributed by atoms with van der Waals surface area (Å²) in [6, 6.07) is 14.7. The predicted octanol–water partition coefficient (Wildman–Crippen LogP) is 3.85. The van der Waals surface area contributed by atoms with Crippen molar-refractivity contribution in [3.05, 3.63) is 59.3 Å². The third-order valence-corrected chi connectivity index (χ3v) is 6.25. The van der Waals surface area contributed by atoms with Crippen LogP contribution in [0.1, 0.15) is 16.8 Å². The number of fused-ring (bicyclic) bond motifs is 2. The normalized spacial score (nSPS) is 15.3. The molecule has 1 N–H and O–H groups in total. The van der Waals surface area contributed by atoms with Gasteiger partial charge in [-0.25, -0.2) is 4.98 Å². The van der Waals surface area contributed by atoms with Gasteiger partial charge in [-0.1, -0.05) is 18.2 Å². The van der Waals surface area contributed by atoms with Crippen LogP contribution in [0.3, 0.4) is 0 Å². The lowest BCUT2D eigenvalue weighted by atomic mass is 10.1. The minimum absolute atomic E-state index is 0.682. The molecule has 0 atom stereocenters. The molecule has 4 aromatic rings. The van der Waals surface area contributed by atoms with Crippen LogP contribution in [-0.4, -0.2) is 52.3 Å². The molecule has 4 heterocycles. The van der Waals surface area contributed by atoms with Gasteiger partial charge < -0.3 is 15.0 Å². The zero-order valence-corrected chi connectivity index (χ0v) is 18.7. The van der Waals surface area contributed by atoms with Gasteiger partial charge in [0.25, 0.3) is 0 Å². The molecule has 0 amide bonds. The van der Waals surface area contributed by atoms with Gasteiger partial charge in [-0.15, -0.1) is 0 Å². The molecule has 2 aromatic heterocycles. The van der Waals surface area contributed by atoms with E-state index >= 15 is 0 Å². The molecule has 1 saturated heterocycles. The fraction of sp³-hybridized carbons (Fsp3) is 0.280. The summed E-state index contributed by atoms with van der Waals surface area (Å²) in [5, 5.41) is 9.21. The van der Waals surface area contributed by atoms with E-state index in [4.69, 9.17) is 14.7 Å². The maximum absolute atomic E-state index is 5.53. The lowest BCUT2D eigenvalue weighted by Gasteiger charge is -2.27. The Kier molecular flexibility index (Phi) is 4.80. The van der Waals surface area contributed by atoms with Crippen LogP contribution in [0.2, 0.25) is 0 Å². The molecule has 2 aliphatic rings. The van der Waals surface area contributed by atoms with Gasteiger partial charge in [0, 0.05) is 49.1 Å². The third kappa shape index (κ3) is 3.72. The molecule has 0 spiro atoms. The zero-order valence-electron chi connectivity index (χ0n) is 18.7. The number of benzene rings is 2. The first-order valence-corrected chi connectivity index (χ1v) is 11.2. The Morgan fingerprint density at radius 1 is 1.00 bits per heavy atom. The van der Waals surface area contributed by atoms with Gasteiger partial charge in [0.1, 0.15) is 5.82 Å². The summed E-state index contributed by atoms with van der Waals surface area (Å²) < 4.78 is 7.45. The summed E-state index contributed by atoms with van der Waals surface area (Å²) >= 11 is 0. The molecule has 8 heteroatoms. The second-order valence-electron chi connectivity index (χ2n) is 8.49. The molecular formula is C25H25N7O. The van der Waals surface area contributed by atoms with Gasteiger partial charge in [-0.05, 0) is 36.2 Å². The second kappa shape index (κ2) is 7.97. The average Bonchev–Trinajstić information content (AvgIpc) is 3.42. The van der Waals surface area contributed by atoms with Gasteiger partial charge in [0.15, 0.2) is 0 Å². The fourth-order valence-corrected chi connectivity index (χ4v) is 4.49. The number of aliphatic imine (C=N–C) groups is 1. The molecule has 33 heavy (non-hydrogen) atoms. The quantitative estimate of drug-likeness (QED) is 0.520. The van der Waals surface area contributed by atoms with Crippen LogP contribution in [0.15, 0.2) is 47.5 Å². The Morgan fingerprint density at radius 3 is 2.76 bits per heavy atom. The first kappa shape index (κ1) is 19.9. The Bertz CT molecular complexity index is 1390. The summed E-state index contributed by atoms with van der Waals surface area (Å²) in [5.74, 6) is 1.48. The van der Waals surface area contributed by atoms with Gasteiger partial charge in [-0.2, -0.15) is 10.1 Å². The smallest absolute Gasteiger partial charge is 0.228 e. The SMILES string of the molecule is Cc1nn(C)c2cc(-c3cc(Nc4ccc5c(c4)CN=C5)nc(N4CCOCC4)n3)ccc12. The minimum Gasteiger partial charge on any atom is -0.378 e. The molecule has 166 valence electrons. The number of anilines is 3. The average molecular weight is 440 g/mol. The summed E-state index contributed by atoms with van der Waals surface area (Å²) in [6.45, 7) is 5.68. The fourth-order valence-electron chi connectivity index (χ4n) is 4.49. The summed E-state index contributed by atoms with van der Waals surface area (Å²) in [5.41, 5.74) is 7.42. The van der Waals surface area contributed by atoms with Gasteiger partial charge in [0.2, 0.25) is 5.95 Å². The topological polar surface area (TPSA) is 80.5 Å². The van der Waals surface area contributed by atoms with Gasteiger partial charge in [0.05, 0.1) is 36.7 Å². The summed E-state index contributed by atoms with van der Waals surface area (Å²) in [7, 11) is 1.98. The molecule has 0 radical (unpaired) electrons. The van der Waals surface area contributed by atoms with Crippen LogP contribution < -0.4 is 10.2 Å². The number of ether oxygens (including phenoxy) is 1. The first-order valence-electron chi connectivity index (χ1n) is 11.2. The third-order valence-electron chi connectivity index (χ3n) is 6.25. The van der Waals surface area contributed by atoms with Crippen molar-refractivity contribution in [2.75, 3.05) is 36.5 Å². The van der Waals surface area contributed by atoms with Crippen molar-refractivity contribution < 1.29 is 4.74 Å². The number of rotatable bonds is 4. The standard InChI is InChI=1S/C25H25N7O/c1-16-21-6-4-17(12-23(21)31(2)30-16)22-13-24(29-25(28-22)32-7-9-33-10-8-32)27-20-5-3-18-14-26-15-19(18)11-20/h3-6,11-14H,7-10,15H2,1-2H3,(H,27,28,29). The lowest BCUT2D eigenvalue weighted by molar-refractivity contribution is 0.122. The van der Waals surface area contributed by atoms with E-state index in [0.717, 1.165) is 59.0 Å². The van der Waals surface area contributed by atoms with Gasteiger partial charge in [-0.3, -0.25) is 9.67 Å². The molecule has 0 aliphatic carbocycles. The first-order chi connectivity index (χ1) is 16.1. The Balaban J connectivity index is 1.41. The highest BCUT2D eigenvalue weighted by molar-refractivity contribution is 5.87. The molecular weight excluding hydrogens is 414 g/mol. The lowest BCUT2D eigenvalue weighted by Crippen LogP contribution is -2.37. The van der Waals surface area contributed by atoms with Crippen LogP contribution in [0, 0.1) is 6.92 Å². The van der Waals surface area contributed by atoms with Crippen molar-refractivity contribution in [2.24, 2.45) is 12.0 Å². The Morgan fingerprint density at radius 2 is 1.88 bits per heavy atom. The maximum atomic E-state index is 5.53. The molecule has 0 bridgehead atoms. The Hall–Kier alpha value is -3.78. The number of nitrogens with one attached hydrogen (secondary N) is 1. The molecule has 1 fully saturated rings. The van der Waals surface area contributed by atoms with E-state index in [1.807, 2.05) is 30.9 Å². The summed E-state index contributed by atoms with van der Waals surface area (Å²) in [4.78, 5) is 16.3. The number of hydrogen-bond acceptors (Lipinski definition) is 7. The number of aryl methyl sites for hydroxylation is 2. The van der Waals surface area contributed by atoms with E-state index in [9.17, 15) is 0 Å². The molecule has 2 aliphatic heterocycles. The number of nitrogens with zero attached hydrogens (tertiary/aromatic N) is 6. The van der Waals surface area contributed by atoms with Crippen molar-refractivity contribution in [3.63, 3.8) is 0 Å². The molecule has 0 unspecified atom stereocenters. The van der Waals surface area contributed by atoms with Crippen molar-refractivity contribution >= 4 is 34.6 Å². The summed E-state index contributed by atoms with van der Waals surface area (Å²) in [6.07, 6.45) is 1.93. The van der Waals surface area contributed by atoms with Crippen LogP contribution in [0.4, 0.5) is 17.5 Å². The largest absolute Gasteiger partial charge is 0.378 e. The van der Waals surface area contributed by atoms with Crippen LogP contribution in [0.5, 0.6) is 0 Å². The Labute approximate surface area is 192 Å². The van der Waals surface area contributed by atoms with Gasteiger partial charge >= 0.3 is 0 Å². The highest BCUT2D eigenvalue weighted by atomic mass is 16.5. The van der Waals surface area contributed by atoms with Crippen molar-refractivity contribution in [2.45, 2.75) is 13.5 Å². The van der Waals surface area contributed by atoms with Crippen LogP contribution in [-0.2, 0) is 18.3 Å². The van der Waals surface area contributed by atoms with Crippen LogP contribution in [0.25, 0.3) is 22.2 Å². The molecule has 6 rings (SSSR count). The second-order valence-corrected chi connectivity index (χ2v) is 8.49. The van der Waals surface area contributed by atoms with Crippen LogP contribution >= 0.6 is 0 Å². The molecule has 0 saturated carbocycles. The predicted molar refractivity (Wildman–Crippen MR) is 131 cm³/mol. The monoisotopic (exact) mass is 439 g/mol. The zero-order chi connectivity index (χ0) is 22.4. The van der Waals surface area contributed by atoms with Crippen molar-refractivity contribution in [1.82, 2.24) is 19.7 Å². The maximum Gasteiger partial charge on any atom is 0.228 e. The van der Waals surface area contributed by atoms with Crippen molar-refractivity contribution in [3.8, 4) is 11.3 Å². The highest BCUT2D eigenvalue weighted by Gasteiger charge is 2.18. The van der Waals surface area contributed by atoms with Crippen molar-refractivity contribution in [1.29, 1.82) is 0 Å². The van der Waals surface area contributed by atoms with E-state index in [1.54, 1.807) is 0 Å². The van der Waals surface area contributed by atoms with E-state index in [1.165, 1.54) is 11.1 Å². The molecule has 2 aromatic carbocycles. The molecule has 8 nitrogen and oxygen atoms in total. The van der Waals surface area contributed by atoms with E-state index in [0.29, 0.717) is 19.2 Å². The minimum atomic E-state index is 0.682. The van der Waals surface area contributed by atoms with E-state index < -0.39 is 0 Å². The number of hydrogen-bond donors (Lipinski definition) is 1.